The second kappa shape index (κ2) is 19.9. The van der Waals surface area contributed by atoms with Crippen molar-refractivity contribution in [1.82, 2.24) is 54.7 Å². The van der Waals surface area contributed by atoms with Gasteiger partial charge in [-0.2, -0.15) is 22.7 Å². The maximum Gasteiger partial charge on any atom is 0.355 e. The van der Waals surface area contributed by atoms with Crippen LogP contribution < -0.4 is 27.4 Å². The largest absolute Gasteiger partial charge is 0.476 e. The highest BCUT2D eigenvalue weighted by atomic mass is 32.1. The Morgan fingerprint density at radius 2 is 1.19 bits per heavy atom. The lowest BCUT2D eigenvalue weighted by Gasteiger charge is -2.18. The third kappa shape index (κ3) is 9.84. The summed E-state index contributed by atoms with van der Waals surface area (Å²) in [6.07, 6.45) is 7.23. The van der Waals surface area contributed by atoms with Gasteiger partial charge in [-0.3, -0.25) is 23.2 Å². The highest BCUT2D eigenvalue weighted by molar-refractivity contribution is 7.22. The summed E-state index contributed by atoms with van der Waals surface area (Å²) in [6, 6.07) is 13.7. The number of anilines is 2. The van der Waals surface area contributed by atoms with E-state index in [0.717, 1.165) is 26.1 Å². The smallest absolute Gasteiger partial charge is 0.355 e. The number of carboxylic acid groups (broad SMARTS) is 1. The van der Waals surface area contributed by atoms with E-state index in [-0.39, 0.29) is 54.3 Å². The maximum absolute atomic E-state index is 13.5. The van der Waals surface area contributed by atoms with Gasteiger partial charge in [0, 0.05) is 59.8 Å². The molecule has 0 fully saturated rings. The number of rotatable bonds is 14. The molecule has 0 radical (unpaired) electrons. The van der Waals surface area contributed by atoms with Crippen LogP contribution in [0.15, 0.2) is 94.8 Å². The van der Waals surface area contributed by atoms with Crippen LogP contribution >= 0.6 is 45.3 Å². The number of carbonyl (C=O) groups excluding carboxylic acids is 3. The molecule has 0 aliphatic heterocycles. The number of aliphatic hydroxyl groups excluding tert-OH is 1. The van der Waals surface area contributed by atoms with Crippen molar-refractivity contribution in [2.24, 2.45) is 5.92 Å². The molecule has 1 atom stereocenters. The third-order valence-corrected chi connectivity index (χ3v) is 13.7. The monoisotopic (exact) mass is 999 g/mol. The number of imidazole rings is 2. The molecule has 0 unspecified atom stereocenters. The molecule has 0 bridgehead atoms. The molecular formula is C46H41N13O6S4. The predicted octanol–water partition coefficient (Wildman–Crippen LogP) is 6.99. The topological polar surface area (TPSA) is 283 Å². The minimum absolute atomic E-state index is 0.0143. The first-order valence-electron chi connectivity index (χ1n) is 21.2. The number of thiazole rings is 2. The molecule has 0 aliphatic rings. The molecule has 0 spiro atoms. The van der Waals surface area contributed by atoms with Crippen molar-refractivity contribution in [2.75, 3.05) is 18.1 Å². The molecule has 0 aliphatic carbocycles. The number of aliphatic hydroxyl groups is 1. The number of nitrogens with zero attached hydrogens (tertiary/aromatic N) is 8. The third-order valence-electron chi connectivity index (χ3n) is 10.7. The molecule has 10 heterocycles. The number of aromatic nitrogens is 8. The molecule has 0 saturated heterocycles. The van der Waals surface area contributed by atoms with Gasteiger partial charge in [-0.1, -0.05) is 36.5 Å². The molecule has 10 rings (SSSR count). The average molecular weight is 1000 g/mol. The zero-order valence-corrected chi connectivity index (χ0v) is 39.9. The molecular weight excluding hydrogens is 959 g/mol. The van der Waals surface area contributed by atoms with Crippen molar-refractivity contribution in [3.63, 3.8) is 0 Å². The van der Waals surface area contributed by atoms with Gasteiger partial charge in [-0.15, -0.1) is 0 Å². The summed E-state index contributed by atoms with van der Waals surface area (Å²) in [5.41, 5.74) is 18.1. The van der Waals surface area contributed by atoms with Crippen molar-refractivity contribution in [3.8, 4) is 22.5 Å². The maximum atomic E-state index is 13.5. The van der Waals surface area contributed by atoms with E-state index in [4.69, 9.17) is 16.5 Å². The number of hydrogen-bond acceptors (Lipinski definition) is 17. The minimum Gasteiger partial charge on any atom is -0.476 e. The van der Waals surface area contributed by atoms with Gasteiger partial charge in [0.2, 0.25) is 0 Å². The Hall–Kier alpha value is -7.70. The molecule has 350 valence electrons. The van der Waals surface area contributed by atoms with Gasteiger partial charge in [-0.25, -0.2) is 34.7 Å². The number of carboxylic acids is 1. The van der Waals surface area contributed by atoms with Gasteiger partial charge >= 0.3 is 5.97 Å². The summed E-state index contributed by atoms with van der Waals surface area (Å²) in [6.45, 7) is 4.39. The number of aromatic carboxylic acids is 1. The number of thiophene rings is 2. The molecule has 23 heteroatoms. The average Bonchev–Trinajstić information content (AvgIpc) is 4.20. The number of nitrogens with two attached hydrogens (primary N) is 2. The molecule has 69 heavy (non-hydrogen) atoms. The van der Waals surface area contributed by atoms with Gasteiger partial charge in [-0.05, 0) is 82.8 Å². The Morgan fingerprint density at radius 3 is 1.64 bits per heavy atom. The van der Waals surface area contributed by atoms with Crippen LogP contribution in [-0.2, 0) is 13.1 Å². The number of nitrogen functional groups attached to an aromatic ring is 2. The fourth-order valence-corrected chi connectivity index (χ4v) is 10.4. The second-order valence-electron chi connectivity index (χ2n) is 16.0. The molecule has 3 amide bonds. The van der Waals surface area contributed by atoms with E-state index < -0.39 is 12.0 Å². The van der Waals surface area contributed by atoms with Gasteiger partial charge < -0.3 is 37.6 Å². The molecule has 9 N–H and O–H groups in total. The predicted molar refractivity (Wildman–Crippen MR) is 268 cm³/mol. The summed E-state index contributed by atoms with van der Waals surface area (Å²) < 4.78 is 4.75. The van der Waals surface area contributed by atoms with E-state index in [1.165, 1.54) is 49.7 Å². The van der Waals surface area contributed by atoms with Gasteiger partial charge in [0.25, 0.3) is 17.7 Å². The van der Waals surface area contributed by atoms with Gasteiger partial charge in [0.05, 0.1) is 33.2 Å². The Bertz CT molecular complexity index is 3530. The SMILES string of the molecule is CC(C)C[C@@H](CO)NC(=O)c1c(-c2ccsc2)nc2c(C(=O)NCc3cnc4nc(N)sc4c3)cccn12.Nc1nc2ncc(CNC(=O)c3cccn4c(C(=O)O)c(-c5ccsc5)nc34)cc2s1. The summed E-state index contributed by atoms with van der Waals surface area (Å²) >= 11 is 5.60. The molecule has 0 saturated carbocycles. The quantitative estimate of drug-likeness (QED) is 0.0578. The van der Waals surface area contributed by atoms with E-state index in [1.54, 1.807) is 59.5 Å². The Kier molecular flexibility index (Phi) is 13.4. The number of carbonyl (C=O) groups is 4. The Labute approximate surface area is 407 Å². The van der Waals surface area contributed by atoms with Crippen molar-refractivity contribution < 1.29 is 29.4 Å². The van der Waals surface area contributed by atoms with E-state index in [1.807, 2.05) is 53.6 Å². The highest BCUT2D eigenvalue weighted by Crippen LogP contribution is 2.30. The van der Waals surface area contributed by atoms with Crippen molar-refractivity contribution in [3.05, 3.63) is 128 Å². The standard InChI is InChI=1S/C26H27N7O3S2.C20H14N6O3S2/c1-14(2)8-17(12-34)30-25(36)21-20(16-5-7-37-13-16)31-23-18(4-3-6-33(21)23)24(35)29-11-15-9-19-22(28-10-15)32-26(27)38-19;21-20-25-16-13(31-20)6-10(7-22-16)8-23-18(27)12-2-1-4-26-15(19(28)29)14(24-17(12)26)11-3-5-30-9-11/h3-7,9-10,13-14,17,34H,8,11-12H2,1-2H3,(H,29,35)(H,30,36)(H2,27,28,32);1-7,9H,8H2,(H,23,27)(H,28,29)(H2,21,22,25)/t17-;/m0./s1. The van der Waals surface area contributed by atoms with E-state index >= 15 is 0 Å². The van der Waals surface area contributed by atoms with Crippen molar-refractivity contribution in [1.29, 1.82) is 0 Å². The number of hydrogen-bond donors (Lipinski definition) is 7. The summed E-state index contributed by atoms with van der Waals surface area (Å²) in [7, 11) is 0. The Morgan fingerprint density at radius 1 is 0.696 bits per heavy atom. The lowest BCUT2D eigenvalue weighted by Crippen LogP contribution is -2.39. The lowest BCUT2D eigenvalue weighted by molar-refractivity contribution is 0.0689. The van der Waals surface area contributed by atoms with Crippen LogP contribution in [0.2, 0.25) is 0 Å². The minimum atomic E-state index is -1.12. The van der Waals surface area contributed by atoms with Crippen molar-refractivity contribution in [2.45, 2.75) is 39.4 Å². The van der Waals surface area contributed by atoms with Crippen LogP contribution in [0, 0.1) is 5.92 Å². The van der Waals surface area contributed by atoms with E-state index in [0.29, 0.717) is 67.8 Å². The fourth-order valence-electron chi connectivity index (χ4n) is 7.62. The lowest BCUT2D eigenvalue weighted by atomic mass is 10.0. The molecule has 19 nitrogen and oxygen atoms in total. The molecule has 0 aromatic carbocycles. The summed E-state index contributed by atoms with van der Waals surface area (Å²) in [5.74, 6) is -1.88. The van der Waals surface area contributed by atoms with E-state index in [2.05, 4.69) is 40.9 Å². The highest BCUT2D eigenvalue weighted by Gasteiger charge is 2.27. The van der Waals surface area contributed by atoms with Crippen LogP contribution in [0.4, 0.5) is 10.3 Å². The summed E-state index contributed by atoms with van der Waals surface area (Å²) in [5, 5.41) is 36.6. The van der Waals surface area contributed by atoms with Crippen LogP contribution in [0.25, 0.3) is 54.5 Å². The zero-order valence-electron chi connectivity index (χ0n) is 36.6. The van der Waals surface area contributed by atoms with Crippen LogP contribution in [0.5, 0.6) is 0 Å². The summed E-state index contributed by atoms with van der Waals surface area (Å²) in [4.78, 5) is 77.7. The second-order valence-corrected chi connectivity index (χ2v) is 19.6. The van der Waals surface area contributed by atoms with E-state index in [9.17, 15) is 29.4 Å². The number of amides is 3. The van der Waals surface area contributed by atoms with Crippen molar-refractivity contribution >= 4 is 111 Å². The van der Waals surface area contributed by atoms with Crippen LogP contribution in [0.1, 0.15) is 73.1 Å². The van der Waals surface area contributed by atoms with Crippen LogP contribution in [0.3, 0.4) is 0 Å². The fraction of sp³-hybridized carbons (Fsp3) is 0.174. The Balaban J connectivity index is 0.000000175. The zero-order chi connectivity index (χ0) is 48.3. The molecule has 10 aromatic rings. The van der Waals surface area contributed by atoms with Crippen LogP contribution in [-0.4, -0.2) is 85.3 Å². The van der Waals surface area contributed by atoms with Gasteiger partial charge in [0.1, 0.15) is 17.1 Å². The molecule has 10 aromatic heterocycles. The number of pyridine rings is 4. The first-order chi connectivity index (χ1) is 33.3. The first kappa shape index (κ1) is 46.4. The first-order valence-corrected chi connectivity index (χ1v) is 24.7. The normalized spacial score (nSPS) is 11.8. The van der Waals surface area contributed by atoms with Gasteiger partial charge in [0.15, 0.2) is 38.5 Å². The number of nitrogens with one attached hydrogen (secondary N) is 3. The number of fused-ring (bicyclic) bond motifs is 4.